The van der Waals surface area contributed by atoms with Crippen molar-refractivity contribution in [3.8, 4) is 0 Å². The summed E-state index contributed by atoms with van der Waals surface area (Å²) in [4.78, 5) is 22.8. The van der Waals surface area contributed by atoms with Crippen molar-refractivity contribution in [1.29, 1.82) is 0 Å². The molecule has 120 valence electrons. The van der Waals surface area contributed by atoms with E-state index in [-0.39, 0.29) is 6.54 Å². The van der Waals surface area contributed by atoms with Gasteiger partial charge in [0.1, 0.15) is 5.60 Å². The predicted molar refractivity (Wildman–Crippen MR) is 85.6 cm³/mol. The van der Waals surface area contributed by atoms with Crippen molar-refractivity contribution in [2.24, 2.45) is 0 Å². The summed E-state index contributed by atoms with van der Waals surface area (Å²) in [6, 6.07) is 5.19. The van der Waals surface area contributed by atoms with E-state index in [2.05, 4.69) is 10.1 Å². The molecule has 0 aromatic heterocycles. The molecule has 0 unspecified atom stereocenters. The number of benzene rings is 1. The largest absolute Gasteiger partial charge is 0.466 e. The Morgan fingerprint density at radius 1 is 1.32 bits per heavy atom. The quantitative estimate of drug-likeness (QED) is 0.679. The molecule has 0 fully saturated rings. The zero-order valence-corrected chi connectivity index (χ0v) is 13.9. The SMILES string of the molecule is COC(=O)C=Cc1cc(Cl)ccc1CNC(=O)OC(C)(C)C. The lowest BCUT2D eigenvalue weighted by Crippen LogP contribution is -2.32. The second kappa shape index (κ2) is 7.84. The van der Waals surface area contributed by atoms with Gasteiger partial charge >= 0.3 is 12.1 Å². The molecule has 0 aliphatic carbocycles. The number of esters is 1. The standard InChI is InChI=1S/C16H20ClNO4/c1-16(2,3)22-15(20)18-10-12-5-7-13(17)9-11(12)6-8-14(19)21-4/h5-9H,10H2,1-4H3,(H,18,20). The second-order valence-corrected chi connectivity index (χ2v) is 5.99. The highest BCUT2D eigenvalue weighted by Gasteiger charge is 2.16. The number of amides is 1. The van der Waals surface area contributed by atoms with Gasteiger partial charge in [0, 0.05) is 17.6 Å². The Morgan fingerprint density at radius 2 is 2.00 bits per heavy atom. The van der Waals surface area contributed by atoms with E-state index in [1.54, 1.807) is 45.0 Å². The summed E-state index contributed by atoms with van der Waals surface area (Å²) < 4.78 is 9.72. The molecule has 0 saturated heterocycles. The van der Waals surface area contributed by atoms with Gasteiger partial charge in [0.15, 0.2) is 0 Å². The van der Waals surface area contributed by atoms with Crippen molar-refractivity contribution in [2.75, 3.05) is 7.11 Å². The molecule has 6 heteroatoms. The Bertz CT molecular complexity index is 576. The van der Waals surface area contributed by atoms with E-state index in [9.17, 15) is 9.59 Å². The molecule has 0 bridgehead atoms. The van der Waals surface area contributed by atoms with Gasteiger partial charge in [-0.15, -0.1) is 0 Å². The monoisotopic (exact) mass is 325 g/mol. The van der Waals surface area contributed by atoms with E-state index < -0.39 is 17.7 Å². The first-order valence-corrected chi connectivity index (χ1v) is 7.10. The number of ether oxygens (including phenoxy) is 2. The highest BCUT2D eigenvalue weighted by Crippen LogP contribution is 2.18. The number of nitrogens with one attached hydrogen (secondary N) is 1. The molecule has 0 saturated carbocycles. The van der Waals surface area contributed by atoms with Crippen molar-refractivity contribution in [1.82, 2.24) is 5.32 Å². The molecule has 5 nitrogen and oxygen atoms in total. The molecule has 22 heavy (non-hydrogen) atoms. The average Bonchev–Trinajstić information content (AvgIpc) is 2.41. The molecule has 1 aromatic rings. The number of rotatable bonds is 4. The van der Waals surface area contributed by atoms with Crippen LogP contribution in [0.4, 0.5) is 4.79 Å². The van der Waals surface area contributed by atoms with Crippen LogP contribution in [-0.4, -0.2) is 24.8 Å². The summed E-state index contributed by atoms with van der Waals surface area (Å²) in [7, 11) is 1.30. The van der Waals surface area contributed by atoms with Crippen LogP contribution in [0.15, 0.2) is 24.3 Å². The molecule has 1 amide bonds. The first kappa shape index (κ1) is 18.0. The van der Waals surface area contributed by atoms with E-state index in [0.29, 0.717) is 10.6 Å². The minimum Gasteiger partial charge on any atom is -0.466 e. The number of carbonyl (C=O) groups excluding carboxylic acids is 2. The van der Waals surface area contributed by atoms with Crippen molar-refractivity contribution in [3.05, 3.63) is 40.4 Å². The van der Waals surface area contributed by atoms with E-state index >= 15 is 0 Å². The maximum Gasteiger partial charge on any atom is 0.407 e. The van der Waals surface area contributed by atoms with Crippen LogP contribution in [0.5, 0.6) is 0 Å². The van der Waals surface area contributed by atoms with E-state index in [4.69, 9.17) is 16.3 Å². The molecular weight excluding hydrogens is 306 g/mol. The fourth-order valence-electron chi connectivity index (χ4n) is 1.59. The maximum atomic E-state index is 11.7. The van der Waals surface area contributed by atoms with Crippen molar-refractivity contribution < 1.29 is 19.1 Å². The zero-order valence-electron chi connectivity index (χ0n) is 13.1. The van der Waals surface area contributed by atoms with Gasteiger partial charge in [0.25, 0.3) is 0 Å². The van der Waals surface area contributed by atoms with Crippen molar-refractivity contribution in [2.45, 2.75) is 32.9 Å². The van der Waals surface area contributed by atoms with Gasteiger partial charge in [-0.1, -0.05) is 17.7 Å². The Kier molecular flexibility index (Phi) is 6.43. The third-order valence-corrected chi connectivity index (χ3v) is 2.77. The lowest BCUT2D eigenvalue weighted by molar-refractivity contribution is -0.134. The van der Waals surface area contributed by atoms with E-state index in [1.165, 1.54) is 13.2 Å². The number of halogens is 1. The summed E-state index contributed by atoms with van der Waals surface area (Å²) in [5, 5.41) is 3.20. The minimum atomic E-state index is -0.558. The molecule has 0 aliphatic heterocycles. The third-order valence-electron chi connectivity index (χ3n) is 2.53. The molecule has 1 N–H and O–H groups in total. The summed E-state index contributed by atoms with van der Waals surface area (Å²) >= 11 is 5.95. The van der Waals surface area contributed by atoms with Gasteiger partial charge in [0.05, 0.1) is 7.11 Å². The van der Waals surface area contributed by atoms with Gasteiger partial charge in [-0.3, -0.25) is 0 Å². The van der Waals surface area contributed by atoms with Crippen LogP contribution in [0.1, 0.15) is 31.9 Å². The van der Waals surface area contributed by atoms with Crippen LogP contribution in [0.25, 0.3) is 6.08 Å². The Balaban J connectivity index is 2.80. The molecule has 1 rings (SSSR count). The summed E-state index contributed by atoms with van der Waals surface area (Å²) in [5.41, 5.74) is 0.960. The Labute approximate surface area is 135 Å². The summed E-state index contributed by atoms with van der Waals surface area (Å²) in [6.45, 7) is 5.63. The van der Waals surface area contributed by atoms with Crippen LogP contribution in [0.3, 0.4) is 0 Å². The van der Waals surface area contributed by atoms with Crippen molar-refractivity contribution >= 4 is 29.7 Å². The number of carbonyl (C=O) groups is 2. The van der Waals surface area contributed by atoms with Crippen molar-refractivity contribution in [3.63, 3.8) is 0 Å². The first-order valence-electron chi connectivity index (χ1n) is 6.72. The third kappa shape index (κ3) is 6.63. The molecular formula is C16H20ClNO4. The van der Waals surface area contributed by atoms with E-state index in [0.717, 1.165) is 5.56 Å². The molecule has 0 spiro atoms. The number of hydrogen-bond acceptors (Lipinski definition) is 4. The van der Waals surface area contributed by atoms with Crippen LogP contribution < -0.4 is 5.32 Å². The molecule has 0 aliphatic rings. The topological polar surface area (TPSA) is 64.6 Å². The number of methoxy groups -OCH3 is 1. The molecule has 0 heterocycles. The molecule has 1 aromatic carbocycles. The molecule has 0 radical (unpaired) electrons. The van der Waals surface area contributed by atoms with Crippen LogP contribution in [0.2, 0.25) is 5.02 Å². The van der Waals surface area contributed by atoms with Gasteiger partial charge in [-0.25, -0.2) is 9.59 Å². The number of alkyl carbamates (subject to hydrolysis) is 1. The second-order valence-electron chi connectivity index (χ2n) is 5.56. The maximum absolute atomic E-state index is 11.7. The van der Waals surface area contributed by atoms with Gasteiger partial charge in [0.2, 0.25) is 0 Å². The first-order chi connectivity index (χ1) is 10.2. The zero-order chi connectivity index (χ0) is 16.8. The van der Waals surface area contributed by atoms with E-state index in [1.807, 2.05) is 0 Å². The Hall–Kier alpha value is -2.01. The fraction of sp³-hybridized carbons (Fsp3) is 0.375. The summed E-state index contributed by atoms with van der Waals surface area (Å²) in [5.74, 6) is -0.467. The number of hydrogen-bond donors (Lipinski definition) is 1. The van der Waals surface area contributed by atoms with Crippen LogP contribution in [-0.2, 0) is 20.8 Å². The Morgan fingerprint density at radius 3 is 2.59 bits per heavy atom. The normalized spacial score (nSPS) is 11.3. The highest BCUT2D eigenvalue weighted by atomic mass is 35.5. The van der Waals surface area contributed by atoms with Gasteiger partial charge < -0.3 is 14.8 Å². The van der Waals surface area contributed by atoms with Gasteiger partial charge in [-0.05, 0) is 50.1 Å². The van der Waals surface area contributed by atoms with Gasteiger partial charge in [-0.2, -0.15) is 0 Å². The highest BCUT2D eigenvalue weighted by molar-refractivity contribution is 6.30. The molecule has 0 atom stereocenters. The van der Waals surface area contributed by atoms with Crippen LogP contribution >= 0.6 is 11.6 Å². The predicted octanol–water partition coefficient (Wildman–Crippen LogP) is 3.55. The lowest BCUT2D eigenvalue weighted by atomic mass is 10.1. The average molecular weight is 326 g/mol. The van der Waals surface area contributed by atoms with Crippen LogP contribution in [0, 0.1) is 0 Å². The summed E-state index contributed by atoms with van der Waals surface area (Å²) in [6.07, 6.45) is 2.37. The lowest BCUT2D eigenvalue weighted by Gasteiger charge is -2.20. The smallest absolute Gasteiger partial charge is 0.407 e. The fourth-order valence-corrected chi connectivity index (χ4v) is 1.77. The minimum absolute atomic E-state index is 0.257.